The molecule has 0 radical (unpaired) electrons. The van der Waals surface area contributed by atoms with Crippen molar-refractivity contribution in [3.63, 3.8) is 0 Å². The second-order valence-electron chi connectivity index (χ2n) is 10.5. The van der Waals surface area contributed by atoms with Gasteiger partial charge in [-0.25, -0.2) is 0 Å². The normalized spacial score (nSPS) is 58.2. The largest absolute Gasteiger partial charge is 0.393 e. The van der Waals surface area contributed by atoms with E-state index >= 15 is 0 Å². The van der Waals surface area contributed by atoms with E-state index < -0.39 is 5.60 Å². The van der Waals surface area contributed by atoms with Crippen molar-refractivity contribution in [1.82, 2.24) is 0 Å². The van der Waals surface area contributed by atoms with Crippen LogP contribution in [0.25, 0.3) is 0 Å². The Labute approximate surface area is 152 Å². The molecule has 0 heterocycles. The average molecular weight is 349 g/mol. The third kappa shape index (κ3) is 2.21. The first-order chi connectivity index (χ1) is 11.6. The quantitative estimate of drug-likeness (QED) is 0.754. The van der Waals surface area contributed by atoms with Crippen LogP contribution in [0, 0.1) is 40.4 Å². The van der Waals surface area contributed by atoms with Crippen LogP contribution in [0.1, 0.15) is 79.1 Å². The summed E-state index contributed by atoms with van der Waals surface area (Å²) in [5.74, 6) is 2.68. The Kier molecular flexibility index (Phi) is 3.99. The lowest BCUT2D eigenvalue weighted by molar-refractivity contribution is -0.243. The third-order valence-corrected chi connectivity index (χ3v) is 9.72. The van der Waals surface area contributed by atoms with E-state index in [9.17, 15) is 15.0 Å². The number of hydrogen-bond acceptors (Lipinski definition) is 3. The van der Waals surface area contributed by atoms with E-state index in [0.29, 0.717) is 30.0 Å². The highest BCUT2D eigenvalue weighted by Crippen LogP contribution is 2.69. The molecule has 0 bridgehead atoms. The maximum Gasteiger partial charge on any atom is 0.133 e. The van der Waals surface area contributed by atoms with Crippen molar-refractivity contribution in [3.05, 3.63) is 0 Å². The van der Waals surface area contributed by atoms with Gasteiger partial charge in [0.05, 0.1) is 11.7 Å². The maximum absolute atomic E-state index is 12.2. The molecule has 0 unspecified atom stereocenters. The lowest BCUT2D eigenvalue weighted by Gasteiger charge is -2.66. The molecule has 2 N–H and O–H groups in total. The molecule has 0 aliphatic heterocycles. The van der Waals surface area contributed by atoms with Gasteiger partial charge in [-0.05, 0) is 86.4 Å². The van der Waals surface area contributed by atoms with Gasteiger partial charge < -0.3 is 10.2 Å². The van der Waals surface area contributed by atoms with Gasteiger partial charge in [0.2, 0.25) is 0 Å². The standard InChI is InChI=1S/C22H36O3/c1-13-11-16-18-6-5-17(14(2)23)20(18,3)9-8-19(16)21(4)10-7-15(24)12-22(13,21)25/h13,15-19,24-25H,5-12H2,1-4H3/t13-,15+,16+,17-,18+,19+,20-,21-,22+/m1/s1. The number of hydrogen-bond donors (Lipinski definition) is 2. The van der Waals surface area contributed by atoms with Crippen molar-refractivity contribution in [3.8, 4) is 0 Å². The minimum absolute atomic E-state index is 0.0792. The SMILES string of the molecule is CC(=O)[C@H]1CC[C@H]2[C@@H]3C[C@@H](C)[C@@]4(O)C[C@@H](O)CC[C@]4(C)[C@H]3CC[C@]12C. The molecule has 142 valence electrons. The smallest absolute Gasteiger partial charge is 0.133 e. The highest BCUT2D eigenvalue weighted by molar-refractivity contribution is 5.79. The Morgan fingerprint density at radius 2 is 1.76 bits per heavy atom. The molecule has 3 heteroatoms. The number of ketones is 1. The van der Waals surface area contributed by atoms with Crippen LogP contribution in [0.4, 0.5) is 0 Å². The highest BCUT2D eigenvalue weighted by atomic mass is 16.3. The van der Waals surface area contributed by atoms with E-state index in [2.05, 4.69) is 20.8 Å². The molecule has 0 aromatic carbocycles. The summed E-state index contributed by atoms with van der Waals surface area (Å²) in [5.41, 5.74) is -0.630. The van der Waals surface area contributed by atoms with Crippen molar-refractivity contribution < 1.29 is 15.0 Å². The van der Waals surface area contributed by atoms with Crippen LogP contribution in [0.3, 0.4) is 0 Å². The number of carbonyl (C=O) groups is 1. The van der Waals surface area contributed by atoms with Crippen LogP contribution in [0.5, 0.6) is 0 Å². The van der Waals surface area contributed by atoms with Gasteiger partial charge in [-0.1, -0.05) is 20.8 Å². The summed E-state index contributed by atoms with van der Waals surface area (Å²) in [5, 5.41) is 21.9. The van der Waals surface area contributed by atoms with E-state index in [0.717, 1.165) is 38.5 Å². The first-order valence-corrected chi connectivity index (χ1v) is 10.5. The molecule has 4 fully saturated rings. The van der Waals surface area contributed by atoms with Gasteiger partial charge in [-0.15, -0.1) is 0 Å². The fourth-order valence-electron chi connectivity index (χ4n) is 8.33. The number of Topliss-reactive ketones (excluding diaryl/α,β-unsaturated/α-hetero) is 1. The molecule has 4 aliphatic carbocycles. The monoisotopic (exact) mass is 348 g/mol. The van der Waals surface area contributed by atoms with Crippen LogP contribution in [0.15, 0.2) is 0 Å². The number of aliphatic hydroxyl groups is 2. The van der Waals surface area contributed by atoms with Crippen LogP contribution in [0.2, 0.25) is 0 Å². The summed E-state index contributed by atoms with van der Waals surface area (Å²) in [6.45, 7) is 8.68. The van der Waals surface area contributed by atoms with Gasteiger partial charge in [0.25, 0.3) is 0 Å². The summed E-state index contributed by atoms with van der Waals surface area (Å²) < 4.78 is 0. The van der Waals surface area contributed by atoms with Crippen LogP contribution in [-0.4, -0.2) is 27.7 Å². The molecule has 4 aliphatic rings. The van der Waals surface area contributed by atoms with E-state index in [-0.39, 0.29) is 28.8 Å². The molecule has 4 saturated carbocycles. The first kappa shape index (κ1) is 18.0. The zero-order chi connectivity index (χ0) is 18.2. The van der Waals surface area contributed by atoms with Crippen molar-refractivity contribution >= 4 is 5.78 Å². The van der Waals surface area contributed by atoms with Crippen molar-refractivity contribution in [2.45, 2.75) is 90.8 Å². The first-order valence-electron chi connectivity index (χ1n) is 10.5. The lowest BCUT2D eigenvalue weighted by Crippen LogP contribution is -2.66. The number of fused-ring (bicyclic) bond motifs is 5. The number of carbonyl (C=O) groups excluding carboxylic acids is 1. The molecule has 0 spiro atoms. The van der Waals surface area contributed by atoms with E-state index in [4.69, 9.17) is 0 Å². The Bertz CT molecular complexity index is 574. The van der Waals surface area contributed by atoms with Crippen molar-refractivity contribution in [2.24, 2.45) is 40.4 Å². The zero-order valence-electron chi connectivity index (χ0n) is 16.4. The average Bonchev–Trinajstić information content (AvgIpc) is 2.88. The van der Waals surface area contributed by atoms with Gasteiger partial charge in [-0.3, -0.25) is 4.79 Å². The topological polar surface area (TPSA) is 57.5 Å². The van der Waals surface area contributed by atoms with Gasteiger partial charge in [0.15, 0.2) is 0 Å². The van der Waals surface area contributed by atoms with E-state index in [1.807, 2.05) is 0 Å². The number of rotatable bonds is 1. The molecular formula is C22H36O3. The molecule has 0 saturated heterocycles. The second kappa shape index (κ2) is 5.55. The molecular weight excluding hydrogens is 312 g/mol. The Balaban J connectivity index is 1.69. The minimum Gasteiger partial charge on any atom is -0.393 e. The fourth-order valence-corrected chi connectivity index (χ4v) is 8.33. The highest BCUT2D eigenvalue weighted by Gasteiger charge is 2.66. The van der Waals surface area contributed by atoms with E-state index in [1.54, 1.807) is 6.92 Å². The predicted molar refractivity (Wildman–Crippen MR) is 97.9 cm³/mol. The second-order valence-corrected chi connectivity index (χ2v) is 10.5. The van der Waals surface area contributed by atoms with Crippen molar-refractivity contribution in [1.29, 1.82) is 0 Å². The van der Waals surface area contributed by atoms with Crippen molar-refractivity contribution in [2.75, 3.05) is 0 Å². The molecule has 25 heavy (non-hydrogen) atoms. The zero-order valence-corrected chi connectivity index (χ0v) is 16.4. The molecule has 3 nitrogen and oxygen atoms in total. The minimum atomic E-state index is -0.724. The Hall–Kier alpha value is -0.410. The predicted octanol–water partition coefficient (Wildman–Crippen LogP) is 3.96. The maximum atomic E-state index is 12.2. The lowest BCUT2D eigenvalue weighted by atomic mass is 9.41. The summed E-state index contributed by atoms with van der Waals surface area (Å²) in [6, 6.07) is 0. The van der Waals surface area contributed by atoms with Gasteiger partial charge in [0, 0.05) is 12.3 Å². The van der Waals surface area contributed by atoms with Crippen LogP contribution < -0.4 is 0 Å². The molecule has 0 aromatic rings. The number of aliphatic hydroxyl groups excluding tert-OH is 1. The van der Waals surface area contributed by atoms with Gasteiger partial charge in [-0.2, -0.15) is 0 Å². The summed E-state index contributed by atoms with van der Waals surface area (Å²) in [6.07, 6.45) is 7.55. The summed E-state index contributed by atoms with van der Waals surface area (Å²) in [7, 11) is 0. The Morgan fingerprint density at radius 1 is 1.04 bits per heavy atom. The van der Waals surface area contributed by atoms with Gasteiger partial charge >= 0.3 is 0 Å². The third-order valence-electron chi connectivity index (χ3n) is 9.72. The summed E-state index contributed by atoms with van der Waals surface area (Å²) in [4.78, 5) is 12.2. The molecule has 0 amide bonds. The van der Waals surface area contributed by atoms with Gasteiger partial charge in [0.1, 0.15) is 5.78 Å². The molecule has 9 atom stereocenters. The molecule has 0 aromatic heterocycles. The van der Waals surface area contributed by atoms with Crippen LogP contribution >= 0.6 is 0 Å². The van der Waals surface area contributed by atoms with E-state index in [1.165, 1.54) is 6.42 Å². The molecule has 4 rings (SSSR count). The van der Waals surface area contributed by atoms with Crippen LogP contribution in [-0.2, 0) is 4.79 Å². The summed E-state index contributed by atoms with van der Waals surface area (Å²) >= 11 is 0. The fraction of sp³-hybridized carbons (Fsp3) is 0.955. The Morgan fingerprint density at radius 3 is 2.44 bits per heavy atom.